The normalized spacial score (nSPS) is 40.9. The Labute approximate surface area is 132 Å². The van der Waals surface area contributed by atoms with Gasteiger partial charge in [-0.15, -0.1) is 0 Å². The zero-order valence-electron chi connectivity index (χ0n) is 14.2. The van der Waals surface area contributed by atoms with E-state index in [0.29, 0.717) is 0 Å². The molecule has 0 atom stereocenters. The second-order valence-corrected chi connectivity index (χ2v) is 9.19. The molecule has 0 radical (unpaired) electrons. The van der Waals surface area contributed by atoms with E-state index in [0.717, 1.165) is 22.7 Å². The Morgan fingerprint density at radius 1 is 0.524 bits per heavy atom. The van der Waals surface area contributed by atoms with E-state index in [1.54, 1.807) is 83.5 Å². The topological polar surface area (TPSA) is 0 Å². The van der Waals surface area contributed by atoms with Crippen LogP contribution >= 0.6 is 0 Å². The second kappa shape index (κ2) is 5.89. The highest BCUT2D eigenvalue weighted by Gasteiger charge is 2.59. The molecule has 0 aromatic rings. The van der Waals surface area contributed by atoms with E-state index in [9.17, 15) is 0 Å². The lowest BCUT2D eigenvalue weighted by atomic mass is 9.51. The van der Waals surface area contributed by atoms with E-state index in [4.69, 9.17) is 0 Å². The summed E-state index contributed by atoms with van der Waals surface area (Å²) < 4.78 is 0. The standard InChI is InChI=1S/C21H36/c1-2-6-10-19(9-5-1)21(13-7-3-4-8-14-21)20-15-11-18(17-20)12-16-20/h18-19H,1-17H2. The quantitative estimate of drug-likeness (QED) is 0.486. The van der Waals surface area contributed by atoms with Crippen LogP contribution in [0, 0.1) is 22.7 Å². The summed E-state index contributed by atoms with van der Waals surface area (Å²) in [6, 6.07) is 0. The van der Waals surface area contributed by atoms with Gasteiger partial charge in [-0.3, -0.25) is 0 Å². The van der Waals surface area contributed by atoms with Gasteiger partial charge in [-0.05, 0) is 80.5 Å². The van der Waals surface area contributed by atoms with E-state index in [2.05, 4.69) is 0 Å². The molecule has 4 rings (SSSR count). The molecular weight excluding hydrogens is 252 g/mol. The van der Waals surface area contributed by atoms with Gasteiger partial charge in [0.1, 0.15) is 0 Å². The van der Waals surface area contributed by atoms with Crippen LogP contribution in [0.1, 0.15) is 109 Å². The molecule has 0 aromatic carbocycles. The third-order valence-electron chi connectivity index (χ3n) is 8.43. The second-order valence-electron chi connectivity index (χ2n) is 9.19. The van der Waals surface area contributed by atoms with Crippen molar-refractivity contribution in [3.8, 4) is 0 Å². The van der Waals surface area contributed by atoms with E-state index >= 15 is 0 Å². The molecule has 120 valence electrons. The van der Waals surface area contributed by atoms with Gasteiger partial charge >= 0.3 is 0 Å². The van der Waals surface area contributed by atoms with Crippen molar-refractivity contribution in [3.63, 3.8) is 0 Å². The lowest BCUT2D eigenvalue weighted by Gasteiger charge is -2.53. The fraction of sp³-hybridized carbons (Fsp3) is 1.00. The van der Waals surface area contributed by atoms with E-state index in [1.165, 1.54) is 25.7 Å². The minimum atomic E-state index is 0.791. The molecular formula is C21H36. The summed E-state index contributed by atoms with van der Waals surface area (Å²) in [5.41, 5.74) is 1.61. The van der Waals surface area contributed by atoms with Crippen LogP contribution in [0.2, 0.25) is 0 Å². The summed E-state index contributed by atoms with van der Waals surface area (Å²) >= 11 is 0. The van der Waals surface area contributed by atoms with Crippen molar-refractivity contribution < 1.29 is 0 Å². The smallest absolute Gasteiger partial charge is 0.0213 e. The lowest BCUT2D eigenvalue weighted by molar-refractivity contribution is -0.0405. The van der Waals surface area contributed by atoms with Crippen LogP contribution in [0.15, 0.2) is 0 Å². The Morgan fingerprint density at radius 3 is 1.62 bits per heavy atom. The van der Waals surface area contributed by atoms with Crippen LogP contribution in [0.4, 0.5) is 0 Å². The van der Waals surface area contributed by atoms with Gasteiger partial charge in [0.25, 0.3) is 0 Å². The van der Waals surface area contributed by atoms with Crippen LogP contribution in [-0.2, 0) is 0 Å². The summed E-state index contributed by atoms with van der Waals surface area (Å²) in [5.74, 6) is 2.24. The molecule has 0 spiro atoms. The predicted molar refractivity (Wildman–Crippen MR) is 90.3 cm³/mol. The molecule has 0 heterocycles. The van der Waals surface area contributed by atoms with Crippen LogP contribution in [0.25, 0.3) is 0 Å². The zero-order chi connectivity index (χ0) is 14.2. The summed E-state index contributed by atoms with van der Waals surface area (Å²) in [5, 5.41) is 0. The largest absolute Gasteiger partial charge is 0.0533 e. The Balaban J connectivity index is 1.67. The maximum absolute atomic E-state index is 1.64. The Kier molecular flexibility index (Phi) is 4.09. The van der Waals surface area contributed by atoms with E-state index in [1.807, 2.05) is 0 Å². The summed E-state index contributed by atoms with van der Waals surface area (Å²) in [6.45, 7) is 0. The van der Waals surface area contributed by atoms with Gasteiger partial charge in [0.15, 0.2) is 0 Å². The summed E-state index contributed by atoms with van der Waals surface area (Å²) in [7, 11) is 0. The Bertz CT molecular complexity index is 331. The van der Waals surface area contributed by atoms with Gasteiger partial charge in [-0.25, -0.2) is 0 Å². The predicted octanol–water partition coefficient (Wildman–Crippen LogP) is 6.88. The van der Waals surface area contributed by atoms with Crippen molar-refractivity contribution in [2.75, 3.05) is 0 Å². The highest BCUT2D eigenvalue weighted by Crippen LogP contribution is 2.69. The maximum atomic E-state index is 1.64. The fourth-order valence-corrected chi connectivity index (χ4v) is 7.46. The van der Waals surface area contributed by atoms with Gasteiger partial charge in [-0.2, -0.15) is 0 Å². The first-order valence-corrected chi connectivity index (χ1v) is 10.3. The van der Waals surface area contributed by atoms with Crippen LogP contribution < -0.4 is 0 Å². The van der Waals surface area contributed by atoms with E-state index < -0.39 is 0 Å². The molecule has 2 bridgehead atoms. The van der Waals surface area contributed by atoms with Crippen LogP contribution in [0.5, 0.6) is 0 Å². The summed E-state index contributed by atoms with van der Waals surface area (Å²) in [6.07, 6.45) is 26.8. The van der Waals surface area contributed by atoms with E-state index in [-0.39, 0.29) is 0 Å². The first-order valence-electron chi connectivity index (χ1n) is 10.3. The molecule has 0 nitrogen and oxygen atoms in total. The molecule has 0 amide bonds. The van der Waals surface area contributed by atoms with Gasteiger partial charge in [0.2, 0.25) is 0 Å². The van der Waals surface area contributed by atoms with Gasteiger partial charge in [0, 0.05) is 0 Å². The van der Waals surface area contributed by atoms with Gasteiger partial charge in [-0.1, -0.05) is 51.4 Å². The molecule has 0 N–H and O–H groups in total. The van der Waals surface area contributed by atoms with Gasteiger partial charge in [0.05, 0.1) is 0 Å². The van der Waals surface area contributed by atoms with Crippen LogP contribution in [0.3, 0.4) is 0 Å². The van der Waals surface area contributed by atoms with Crippen molar-refractivity contribution in [2.24, 2.45) is 22.7 Å². The first-order chi connectivity index (χ1) is 10.3. The van der Waals surface area contributed by atoms with Crippen LogP contribution in [-0.4, -0.2) is 0 Å². The monoisotopic (exact) mass is 288 g/mol. The van der Waals surface area contributed by atoms with Crippen molar-refractivity contribution in [1.29, 1.82) is 0 Å². The molecule has 0 aliphatic heterocycles. The average molecular weight is 289 g/mol. The van der Waals surface area contributed by atoms with Crippen molar-refractivity contribution in [1.82, 2.24) is 0 Å². The SMILES string of the molecule is C1CCCC(C2(C34CCC(CC3)C4)CCCCCC2)CC1. The molecule has 4 fully saturated rings. The van der Waals surface area contributed by atoms with Crippen molar-refractivity contribution >= 4 is 0 Å². The molecule has 4 aliphatic carbocycles. The Morgan fingerprint density at radius 2 is 1.10 bits per heavy atom. The molecule has 0 heteroatoms. The van der Waals surface area contributed by atoms with Crippen molar-refractivity contribution in [3.05, 3.63) is 0 Å². The minimum absolute atomic E-state index is 0.791. The molecule has 4 saturated carbocycles. The highest BCUT2D eigenvalue weighted by molar-refractivity contribution is 5.09. The first kappa shape index (κ1) is 14.6. The number of rotatable bonds is 2. The third kappa shape index (κ3) is 2.40. The third-order valence-corrected chi connectivity index (χ3v) is 8.43. The molecule has 0 aromatic heterocycles. The molecule has 0 unspecified atom stereocenters. The number of hydrogen-bond donors (Lipinski definition) is 0. The van der Waals surface area contributed by atoms with Crippen molar-refractivity contribution in [2.45, 2.75) is 109 Å². The number of hydrogen-bond acceptors (Lipinski definition) is 0. The van der Waals surface area contributed by atoms with Gasteiger partial charge < -0.3 is 0 Å². The maximum Gasteiger partial charge on any atom is -0.0213 e. The zero-order valence-corrected chi connectivity index (χ0v) is 14.2. The lowest BCUT2D eigenvalue weighted by Crippen LogP contribution is -2.45. The summed E-state index contributed by atoms with van der Waals surface area (Å²) in [4.78, 5) is 0. The highest BCUT2D eigenvalue weighted by atomic mass is 14.6. The Hall–Kier alpha value is 0. The molecule has 21 heavy (non-hydrogen) atoms. The fourth-order valence-electron chi connectivity index (χ4n) is 7.46. The number of fused-ring (bicyclic) bond motifs is 2. The molecule has 4 aliphatic rings. The minimum Gasteiger partial charge on any atom is -0.0533 e. The average Bonchev–Trinajstić information content (AvgIpc) is 2.90. The molecule has 0 saturated heterocycles.